The van der Waals surface area contributed by atoms with E-state index in [9.17, 15) is 13.2 Å². The van der Waals surface area contributed by atoms with E-state index in [2.05, 4.69) is 30.9 Å². The third-order valence-corrected chi connectivity index (χ3v) is 4.08. The van der Waals surface area contributed by atoms with E-state index in [1.165, 1.54) is 24.8 Å². The maximum absolute atomic E-state index is 12.4. The standard InChI is InChI=1S/C17H25NO.CH4O3S/c1-3-15-7-9-16(10-8-15)17(19)14(2)13-18-11-5-4-6-12-18;1-5(2,3)4/h7-10,14H,3-6,11-13H2,1-2H3;1H3,(H,2,3,4). The van der Waals surface area contributed by atoms with Crippen LogP contribution in [0.4, 0.5) is 0 Å². The molecular weight excluding hydrogens is 326 g/mol. The fraction of sp³-hybridized carbons (Fsp3) is 0.611. The van der Waals surface area contributed by atoms with Gasteiger partial charge in [0.05, 0.1) is 6.26 Å². The van der Waals surface area contributed by atoms with Gasteiger partial charge < -0.3 is 4.90 Å². The zero-order valence-electron chi connectivity index (χ0n) is 14.9. The molecule has 1 N–H and O–H groups in total. The van der Waals surface area contributed by atoms with Gasteiger partial charge in [0.15, 0.2) is 5.78 Å². The van der Waals surface area contributed by atoms with Crippen LogP contribution in [0, 0.1) is 5.92 Å². The molecular formula is C18H29NO4S. The van der Waals surface area contributed by atoms with Crippen molar-refractivity contribution >= 4 is 15.9 Å². The summed E-state index contributed by atoms with van der Waals surface area (Å²) in [6.45, 7) is 7.42. The molecule has 1 aromatic rings. The Bertz CT molecular complexity index is 596. The molecule has 0 aliphatic carbocycles. The van der Waals surface area contributed by atoms with Gasteiger partial charge in [-0.05, 0) is 37.9 Å². The maximum Gasteiger partial charge on any atom is 0.261 e. The average molecular weight is 356 g/mol. The Hall–Kier alpha value is -1.24. The highest BCUT2D eigenvalue weighted by molar-refractivity contribution is 7.85. The van der Waals surface area contributed by atoms with E-state index in [1.54, 1.807) is 0 Å². The molecule has 1 aliphatic rings. The Balaban J connectivity index is 0.000000505. The van der Waals surface area contributed by atoms with Crippen LogP contribution in [0.2, 0.25) is 0 Å². The van der Waals surface area contributed by atoms with Crippen LogP contribution >= 0.6 is 0 Å². The molecule has 0 aromatic heterocycles. The summed E-state index contributed by atoms with van der Waals surface area (Å²) in [6, 6.07) is 8.10. The summed E-state index contributed by atoms with van der Waals surface area (Å²) < 4.78 is 25.9. The molecule has 1 aliphatic heterocycles. The van der Waals surface area contributed by atoms with Crippen LogP contribution in [0.1, 0.15) is 49.0 Å². The number of aryl methyl sites for hydroxylation is 1. The van der Waals surface area contributed by atoms with Crippen molar-refractivity contribution in [1.29, 1.82) is 0 Å². The van der Waals surface area contributed by atoms with Crippen molar-refractivity contribution < 1.29 is 17.8 Å². The largest absolute Gasteiger partial charge is 0.303 e. The van der Waals surface area contributed by atoms with E-state index in [0.29, 0.717) is 6.26 Å². The Morgan fingerprint density at radius 1 is 1.17 bits per heavy atom. The molecule has 136 valence electrons. The van der Waals surface area contributed by atoms with Crippen LogP contribution in [0.25, 0.3) is 0 Å². The van der Waals surface area contributed by atoms with Gasteiger partial charge in [-0.2, -0.15) is 8.42 Å². The van der Waals surface area contributed by atoms with E-state index >= 15 is 0 Å². The van der Waals surface area contributed by atoms with Gasteiger partial charge in [0, 0.05) is 18.0 Å². The first kappa shape index (κ1) is 20.8. The summed E-state index contributed by atoms with van der Waals surface area (Å²) in [7, 11) is -3.67. The third kappa shape index (κ3) is 8.57. The van der Waals surface area contributed by atoms with Crippen LogP contribution in [-0.2, 0) is 16.5 Å². The van der Waals surface area contributed by atoms with Crippen LogP contribution in [0.5, 0.6) is 0 Å². The summed E-state index contributed by atoms with van der Waals surface area (Å²) in [4.78, 5) is 14.8. The highest BCUT2D eigenvalue weighted by Crippen LogP contribution is 2.15. The summed E-state index contributed by atoms with van der Waals surface area (Å²) in [5.74, 6) is 0.388. The van der Waals surface area contributed by atoms with Crippen LogP contribution < -0.4 is 0 Å². The Morgan fingerprint density at radius 3 is 2.12 bits per heavy atom. The number of nitrogens with zero attached hydrogens (tertiary/aromatic N) is 1. The van der Waals surface area contributed by atoms with Crippen molar-refractivity contribution in [2.45, 2.75) is 39.5 Å². The minimum Gasteiger partial charge on any atom is -0.303 e. The number of carbonyl (C=O) groups excluding carboxylic acids is 1. The molecule has 1 fully saturated rings. The van der Waals surface area contributed by atoms with Crippen molar-refractivity contribution in [2.24, 2.45) is 5.92 Å². The first-order valence-corrected chi connectivity index (χ1v) is 10.3. The molecule has 24 heavy (non-hydrogen) atoms. The molecule has 0 spiro atoms. The molecule has 0 amide bonds. The number of ketones is 1. The number of benzene rings is 1. The summed E-state index contributed by atoms with van der Waals surface area (Å²) in [5.41, 5.74) is 2.15. The van der Waals surface area contributed by atoms with Crippen molar-refractivity contribution in [3.8, 4) is 0 Å². The van der Waals surface area contributed by atoms with Crippen LogP contribution in [-0.4, -0.2) is 49.5 Å². The number of hydrogen-bond acceptors (Lipinski definition) is 4. The molecule has 5 nitrogen and oxygen atoms in total. The first-order valence-electron chi connectivity index (χ1n) is 8.48. The van der Waals surface area contributed by atoms with Crippen molar-refractivity contribution in [2.75, 3.05) is 25.9 Å². The van der Waals surface area contributed by atoms with Gasteiger partial charge >= 0.3 is 0 Å². The highest BCUT2D eigenvalue weighted by atomic mass is 32.2. The lowest BCUT2D eigenvalue weighted by Crippen LogP contribution is -2.35. The predicted molar refractivity (Wildman–Crippen MR) is 97.1 cm³/mol. The van der Waals surface area contributed by atoms with Crippen molar-refractivity contribution in [1.82, 2.24) is 4.90 Å². The zero-order valence-corrected chi connectivity index (χ0v) is 15.7. The number of carbonyl (C=O) groups is 1. The van der Waals surface area contributed by atoms with E-state index in [0.717, 1.165) is 31.6 Å². The minimum absolute atomic E-state index is 0.102. The lowest BCUT2D eigenvalue weighted by molar-refractivity contribution is 0.0883. The second kappa shape index (κ2) is 9.91. The first-order chi connectivity index (χ1) is 11.2. The van der Waals surface area contributed by atoms with Gasteiger partial charge in [-0.3, -0.25) is 9.35 Å². The van der Waals surface area contributed by atoms with E-state index < -0.39 is 10.1 Å². The molecule has 1 unspecified atom stereocenters. The van der Waals surface area contributed by atoms with Gasteiger partial charge in [0.2, 0.25) is 0 Å². The predicted octanol–water partition coefficient (Wildman–Crippen LogP) is 3.06. The van der Waals surface area contributed by atoms with Crippen LogP contribution in [0.15, 0.2) is 24.3 Å². The number of piperidine rings is 1. The normalized spacial score (nSPS) is 16.8. The topological polar surface area (TPSA) is 74.7 Å². The molecule has 1 saturated heterocycles. The van der Waals surface area contributed by atoms with Gasteiger partial charge in [-0.1, -0.05) is 44.5 Å². The Kier molecular flexibility index (Phi) is 8.59. The Morgan fingerprint density at radius 2 is 1.67 bits per heavy atom. The quantitative estimate of drug-likeness (QED) is 0.649. The SMILES string of the molecule is CCc1ccc(C(=O)C(C)CN2CCCCC2)cc1.CS(=O)(=O)O. The van der Waals surface area contributed by atoms with E-state index in [-0.39, 0.29) is 11.7 Å². The third-order valence-electron chi connectivity index (χ3n) is 4.08. The summed E-state index contributed by atoms with van der Waals surface area (Å²) >= 11 is 0. The van der Waals surface area contributed by atoms with Crippen LogP contribution in [0.3, 0.4) is 0 Å². The molecule has 2 rings (SSSR count). The molecule has 1 aromatic carbocycles. The molecule has 1 heterocycles. The molecule has 0 radical (unpaired) electrons. The number of likely N-dealkylation sites (tertiary alicyclic amines) is 1. The summed E-state index contributed by atoms with van der Waals surface area (Å²) in [5, 5.41) is 0. The lowest BCUT2D eigenvalue weighted by Gasteiger charge is -2.28. The second-order valence-corrected chi connectivity index (χ2v) is 7.88. The fourth-order valence-corrected chi connectivity index (χ4v) is 2.80. The van der Waals surface area contributed by atoms with Crippen molar-refractivity contribution in [3.63, 3.8) is 0 Å². The zero-order chi connectivity index (χ0) is 18.2. The van der Waals surface area contributed by atoms with E-state index in [4.69, 9.17) is 4.55 Å². The minimum atomic E-state index is -3.67. The number of hydrogen-bond donors (Lipinski definition) is 1. The molecule has 0 saturated carbocycles. The van der Waals surface area contributed by atoms with Gasteiger partial charge in [0.25, 0.3) is 10.1 Å². The maximum atomic E-state index is 12.4. The monoisotopic (exact) mass is 355 g/mol. The Labute approximate surface area is 145 Å². The molecule has 1 atom stereocenters. The van der Waals surface area contributed by atoms with Crippen molar-refractivity contribution in [3.05, 3.63) is 35.4 Å². The lowest BCUT2D eigenvalue weighted by atomic mass is 9.97. The second-order valence-electron chi connectivity index (χ2n) is 6.41. The molecule has 0 bridgehead atoms. The average Bonchev–Trinajstić information content (AvgIpc) is 2.53. The highest BCUT2D eigenvalue weighted by Gasteiger charge is 2.19. The summed E-state index contributed by atoms with van der Waals surface area (Å²) in [6.07, 6.45) is 5.65. The van der Waals surface area contributed by atoms with Gasteiger partial charge in [0.1, 0.15) is 0 Å². The number of Topliss-reactive ketones (excluding diaryl/α,β-unsaturated/α-hetero) is 1. The van der Waals surface area contributed by atoms with Gasteiger partial charge in [-0.15, -0.1) is 0 Å². The molecule has 6 heteroatoms. The number of rotatable bonds is 5. The smallest absolute Gasteiger partial charge is 0.261 e. The van der Waals surface area contributed by atoms with E-state index in [1.807, 2.05) is 12.1 Å². The van der Waals surface area contributed by atoms with Gasteiger partial charge in [-0.25, -0.2) is 0 Å². The fourth-order valence-electron chi connectivity index (χ4n) is 2.80.